The SMILES string of the molecule is N#C/C(=C(/N)c1cc2ccccc2s1)c1ccccc1. The van der Waals surface area contributed by atoms with E-state index in [4.69, 9.17) is 5.73 Å². The quantitative estimate of drug-likeness (QED) is 0.711. The highest BCUT2D eigenvalue weighted by atomic mass is 32.1. The van der Waals surface area contributed by atoms with Gasteiger partial charge in [-0.25, -0.2) is 0 Å². The van der Waals surface area contributed by atoms with Gasteiger partial charge in [-0.3, -0.25) is 0 Å². The molecular weight excluding hydrogens is 264 g/mol. The van der Waals surface area contributed by atoms with Crippen molar-refractivity contribution < 1.29 is 0 Å². The maximum atomic E-state index is 9.40. The van der Waals surface area contributed by atoms with Crippen LogP contribution in [-0.4, -0.2) is 0 Å². The average Bonchev–Trinajstić information content (AvgIpc) is 2.93. The summed E-state index contributed by atoms with van der Waals surface area (Å²) in [6.45, 7) is 0. The molecule has 0 aliphatic carbocycles. The monoisotopic (exact) mass is 276 g/mol. The van der Waals surface area contributed by atoms with Crippen LogP contribution in [0.3, 0.4) is 0 Å². The third-order valence-corrected chi connectivity index (χ3v) is 4.28. The topological polar surface area (TPSA) is 49.8 Å². The van der Waals surface area contributed by atoms with Gasteiger partial charge in [0.1, 0.15) is 6.07 Å². The first-order valence-electron chi connectivity index (χ1n) is 6.24. The van der Waals surface area contributed by atoms with Gasteiger partial charge in [0.15, 0.2) is 0 Å². The third-order valence-electron chi connectivity index (χ3n) is 3.13. The number of thiophene rings is 1. The molecule has 0 atom stereocenters. The highest BCUT2D eigenvalue weighted by molar-refractivity contribution is 7.20. The van der Waals surface area contributed by atoms with Crippen molar-refractivity contribution >= 4 is 32.7 Å². The van der Waals surface area contributed by atoms with Gasteiger partial charge in [-0.15, -0.1) is 11.3 Å². The predicted octanol–water partition coefficient (Wildman–Crippen LogP) is 4.25. The first-order valence-corrected chi connectivity index (χ1v) is 7.05. The predicted molar refractivity (Wildman–Crippen MR) is 84.9 cm³/mol. The molecular formula is C17H12N2S. The summed E-state index contributed by atoms with van der Waals surface area (Å²) in [6.07, 6.45) is 0. The fourth-order valence-electron chi connectivity index (χ4n) is 2.12. The van der Waals surface area contributed by atoms with E-state index in [2.05, 4.69) is 18.2 Å². The summed E-state index contributed by atoms with van der Waals surface area (Å²) in [5, 5.41) is 10.6. The molecule has 0 aliphatic rings. The van der Waals surface area contributed by atoms with E-state index in [9.17, 15) is 5.26 Å². The lowest BCUT2D eigenvalue weighted by molar-refractivity contribution is 1.50. The van der Waals surface area contributed by atoms with Gasteiger partial charge < -0.3 is 5.73 Å². The highest BCUT2D eigenvalue weighted by Gasteiger charge is 2.10. The molecule has 0 spiro atoms. The van der Waals surface area contributed by atoms with E-state index in [0.717, 1.165) is 15.8 Å². The van der Waals surface area contributed by atoms with Gasteiger partial charge in [-0.2, -0.15) is 5.26 Å². The Morgan fingerprint density at radius 1 is 1.00 bits per heavy atom. The Kier molecular flexibility index (Phi) is 3.24. The van der Waals surface area contributed by atoms with Crippen molar-refractivity contribution in [3.05, 3.63) is 71.1 Å². The second-order valence-corrected chi connectivity index (χ2v) is 5.50. The number of rotatable bonds is 2. The molecule has 1 heterocycles. The second-order valence-electron chi connectivity index (χ2n) is 4.41. The van der Waals surface area contributed by atoms with Crippen LogP contribution < -0.4 is 5.73 Å². The lowest BCUT2D eigenvalue weighted by Gasteiger charge is -2.03. The standard InChI is InChI=1S/C17H12N2S/c18-11-14(12-6-2-1-3-7-12)17(19)16-10-13-8-4-5-9-15(13)20-16/h1-10H,19H2/b17-14-. The molecule has 2 nitrogen and oxygen atoms in total. The molecule has 3 heteroatoms. The normalized spacial score (nSPS) is 11.9. The van der Waals surface area contributed by atoms with Gasteiger partial charge in [0.2, 0.25) is 0 Å². The maximum absolute atomic E-state index is 9.40. The van der Waals surface area contributed by atoms with Crippen LogP contribution in [0.15, 0.2) is 60.7 Å². The number of nitriles is 1. The zero-order valence-electron chi connectivity index (χ0n) is 10.7. The Bertz CT molecular complexity index is 790. The number of nitrogens with two attached hydrogens (primary N) is 1. The molecule has 0 bridgehead atoms. The van der Waals surface area contributed by atoms with E-state index >= 15 is 0 Å². The van der Waals surface area contributed by atoms with Gasteiger partial charge in [-0.05, 0) is 23.1 Å². The minimum atomic E-state index is 0.525. The van der Waals surface area contributed by atoms with Gasteiger partial charge in [0.05, 0.1) is 16.1 Å². The summed E-state index contributed by atoms with van der Waals surface area (Å²) in [4.78, 5) is 0.937. The minimum absolute atomic E-state index is 0.525. The van der Waals surface area contributed by atoms with Crippen LogP contribution in [0.1, 0.15) is 10.4 Å². The first kappa shape index (κ1) is 12.5. The Morgan fingerprint density at radius 2 is 1.70 bits per heavy atom. The number of nitrogens with zero attached hydrogens (tertiary/aromatic N) is 1. The summed E-state index contributed by atoms with van der Waals surface area (Å²) < 4.78 is 1.18. The van der Waals surface area contributed by atoms with Crippen LogP contribution in [0.2, 0.25) is 0 Å². The largest absolute Gasteiger partial charge is 0.396 e. The zero-order chi connectivity index (χ0) is 13.9. The smallest absolute Gasteiger partial charge is 0.102 e. The Morgan fingerprint density at radius 3 is 2.40 bits per heavy atom. The summed E-state index contributed by atoms with van der Waals surface area (Å²) in [5.41, 5.74) is 8.13. The number of hydrogen-bond donors (Lipinski definition) is 1. The fraction of sp³-hybridized carbons (Fsp3) is 0. The Balaban J connectivity index is 2.16. The molecule has 96 valence electrons. The fourth-order valence-corrected chi connectivity index (χ4v) is 3.15. The van der Waals surface area contributed by atoms with Crippen LogP contribution in [0.4, 0.5) is 0 Å². The number of allylic oxidation sites excluding steroid dienone is 1. The molecule has 2 aromatic carbocycles. The molecule has 3 aromatic rings. The van der Waals surface area contributed by atoms with Crippen LogP contribution >= 0.6 is 11.3 Å². The van der Waals surface area contributed by atoms with Crippen molar-refractivity contribution in [1.29, 1.82) is 5.26 Å². The summed E-state index contributed by atoms with van der Waals surface area (Å²) >= 11 is 1.61. The van der Waals surface area contributed by atoms with Crippen LogP contribution in [0.25, 0.3) is 21.4 Å². The molecule has 0 saturated carbocycles. The van der Waals surface area contributed by atoms with Crippen molar-refractivity contribution in [2.24, 2.45) is 5.73 Å². The van der Waals surface area contributed by atoms with Crippen molar-refractivity contribution in [1.82, 2.24) is 0 Å². The number of benzene rings is 2. The van der Waals surface area contributed by atoms with Crippen LogP contribution in [0, 0.1) is 11.3 Å². The Labute approximate surface area is 121 Å². The van der Waals surface area contributed by atoms with E-state index in [0.29, 0.717) is 11.3 Å². The molecule has 0 fully saturated rings. The van der Waals surface area contributed by atoms with Crippen LogP contribution in [0.5, 0.6) is 0 Å². The number of hydrogen-bond acceptors (Lipinski definition) is 3. The van der Waals surface area contributed by atoms with Crippen LogP contribution in [-0.2, 0) is 0 Å². The molecule has 3 rings (SSSR count). The van der Waals surface area contributed by atoms with E-state index in [1.807, 2.05) is 48.5 Å². The first-order chi connectivity index (χ1) is 9.79. The van der Waals surface area contributed by atoms with E-state index in [-0.39, 0.29) is 0 Å². The van der Waals surface area contributed by atoms with E-state index < -0.39 is 0 Å². The van der Waals surface area contributed by atoms with Crippen molar-refractivity contribution in [3.8, 4) is 6.07 Å². The molecule has 0 saturated heterocycles. The second kappa shape index (κ2) is 5.20. The zero-order valence-corrected chi connectivity index (χ0v) is 11.5. The lowest BCUT2D eigenvalue weighted by Crippen LogP contribution is -1.98. The van der Waals surface area contributed by atoms with Gasteiger partial charge in [0, 0.05) is 4.70 Å². The molecule has 2 N–H and O–H groups in total. The van der Waals surface area contributed by atoms with Gasteiger partial charge >= 0.3 is 0 Å². The average molecular weight is 276 g/mol. The van der Waals surface area contributed by atoms with E-state index in [1.54, 1.807) is 11.3 Å². The number of fused-ring (bicyclic) bond motifs is 1. The van der Waals surface area contributed by atoms with Gasteiger partial charge in [0.25, 0.3) is 0 Å². The molecule has 20 heavy (non-hydrogen) atoms. The van der Waals surface area contributed by atoms with Crippen molar-refractivity contribution in [2.45, 2.75) is 0 Å². The third kappa shape index (κ3) is 2.18. The van der Waals surface area contributed by atoms with Gasteiger partial charge in [-0.1, -0.05) is 48.5 Å². The molecule has 1 aromatic heterocycles. The summed E-state index contributed by atoms with van der Waals surface area (Å²) in [6, 6.07) is 21.9. The van der Waals surface area contributed by atoms with Crippen molar-refractivity contribution in [3.63, 3.8) is 0 Å². The highest BCUT2D eigenvalue weighted by Crippen LogP contribution is 2.31. The molecule has 0 unspecified atom stereocenters. The Hall–Kier alpha value is -2.57. The minimum Gasteiger partial charge on any atom is -0.396 e. The lowest BCUT2D eigenvalue weighted by atomic mass is 10.0. The molecule has 0 radical (unpaired) electrons. The summed E-state index contributed by atoms with van der Waals surface area (Å²) in [5.74, 6) is 0. The molecule has 0 aliphatic heterocycles. The molecule has 0 amide bonds. The van der Waals surface area contributed by atoms with Crippen molar-refractivity contribution in [2.75, 3.05) is 0 Å². The maximum Gasteiger partial charge on any atom is 0.102 e. The summed E-state index contributed by atoms with van der Waals surface area (Å²) in [7, 11) is 0. The van der Waals surface area contributed by atoms with E-state index in [1.165, 1.54) is 4.70 Å².